The van der Waals surface area contributed by atoms with Crippen LogP contribution in [0.25, 0.3) is 0 Å². The zero-order valence-electron chi connectivity index (χ0n) is 21.2. The third-order valence-corrected chi connectivity index (χ3v) is 11.1. The number of rotatable bonds is 8. The third kappa shape index (κ3) is 7.62. The number of hydrogen-bond acceptors (Lipinski definition) is 0. The molecule has 0 saturated heterocycles. The van der Waals surface area contributed by atoms with Crippen molar-refractivity contribution in [3.05, 3.63) is 168 Å². The average Bonchev–Trinajstić information content (AvgIpc) is 2.95. The van der Waals surface area contributed by atoms with Gasteiger partial charge in [0.05, 0.1) is 0 Å². The molecule has 0 aliphatic rings. The minimum atomic E-state index is -0.645. The van der Waals surface area contributed by atoms with Crippen LogP contribution in [-0.4, -0.2) is 0 Å². The fraction of sp³-hybridized carbons (Fsp3) is 0.0588. The molecule has 38 heavy (non-hydrogen) atoms. The van der Waals surface area contributed by atoms with Crippen molar-refractivity contribution in [2.45, 2.75) is 13.1 Å². The molecule has 5 aromatic carbocycles. The van der Waals surface area contributed by atoms with E-state index in [1.54, 1.807) is 0 Å². The van der Waals surface area contributed by atoms with Gasteiger partial charge in [0.25, 0.3) is 0 Å². The minimum Gasteiger partial charge on any atom is -1.00 e. The van der Waals surface area contributed by atoms with Gasteiger partial charge in [-0.15, -0.1) is 0 Å². The summed E-state index contributed by atoms with van der Waals surface area (Å²) in [5.41, 5.74) is 2.56. The van der Waals surface area contributed by atoms with Gasteiger partial charge in [-0.05, 0) is 66.5 Å². The van der Waals surface area contributed by atoms with Gasteiger partial charge >= 0.3 is 16.5 Å². The van der Waals surface area contributed by atoms with Crippen LogP contribution >= 0.6 is 15.8 Å². The molecule has 5 aromatic rings. The Labute approximate surface area is 250 Å². The van der Waals surface area contributed by atoms with E-state index in [9.17, 15) is 0 Å². The van der Waals surface area contributed by atoms with Gasteiger partial charge < -0.3 is 17.0 Å². The van der Waals surface area contributed by atoms with Crippen molar-refractivity contribution in [2.75, 3.05) is 0 Å². The summed E-state index contributed by atoms with van der Waals surface area (Å²) >= 11 is 0. The summed E-state index contributed by atoms with van der Waals surface area (Å²) in [7, 11) is -1.16. The molecule has 0 nitrogen and oxygen atoms in total. The van der Waals surface area contributed by atoms with E-state index in [4.69, 9.17) is 0 Å². The van der Waals surface area contributed by atoms with Gasteiger partial charge in [0.2, 0.25) is 0 Å². The van der Waals surface area contributed by atoms with Gasteiger partial charge in [-0.25, -0.2) is 0 Å². The maximum absolute atomic E-state index is 3.87. The predicted molar refractivity (Wildman–Crippen MR) is 160 cm³/mol. The summed E-state index contributed by atoms with van der Waals surface area (Å²) in [5, 5.41) is 6.82. The first-order valence-corrected chi connectivity index (χ1v) is 15.1. The van der Waals surface area contributed by atoms with Crippen molar-refractivity contribution < 1.29 is 33.5 Å². The summed E-state index contributed by atoms with van der Waals surface area (Å²) in [6.07, 6.45) is 4.87. The van der Waals surface area contributed by atoms with E-state index in [0.29, 0.717) is 0 Å². The van der Waals surface area contributed by atoms with Crippen LogP contribution in [0.3, 0.4) is 0 Å². The first kappa shape index (κ1) is 30.2. The van der Waals surface area contributed by atoms with Crippen LogP contribution in [-0.2, 0) is 22.7 Å². The Kier molecular flexibility index (Phi) is 12.2. The molecular formula is C34H29BrNiP2+. The number of halogens is 1. The molecule has 0 bridgehead atoms. The molecule has 0 N–H and O–H groups in total. The second-order valence-electron chi connectivity index (χ2n) is 8.63. The van der Waals surface area contributed by atoms with Crippen molar-refractivity contribution in [2.24, 2.45) is 0 Å². The molecule has 0 heterocycles. The summed E-state index contributed by atoms with van der Waals surface area (Å²) < 4.78 is 0. The van der Waals surface area contributed by atoms with Crippen LogP contribution in [0.2, 0.25) is 0 Å². The first-order chi connectivity index (χ1) is 17.8. The Hall–Kier alpha value is -2.33. The second-order valence-corrected chi connectivity index (χ2v) is 13.2. The fourth-order valence-electron chi connectivity index (χ4n) is 4.44. The second kappa shape index (κ2) is 15.3. The molecule has 0 fully saturated rings. The van der Waals surface area contributed by atoms with Crippen molar-refractivity contribution in [1.82, 2.24) is 0 Å². The molecule has 5 rings (SSSR count). The average molecular weight is 638 g/mol. The van der Waals surface area contributed by atoms with Crippen LogP contribution in [0.1, 0.15) is 18.1 Å². The minimum absolute atomic E-state index is 0. The van der Waals surface area contributed by atoms with E-state index in [0.717, 1.165) is 6.16 Å². The van der Waals surface area contributed by atoms with Crippen LogP contribution in [0.4, 0.5) is 0 Å². The van der Waals surface area contributed by atoms with Gasteiger partial charge in [-0.2, -0.15) is 0 Å². The SMILES string of the molecule is CC(=[C]c1ccccc1CP(c1ccccc1)c1ccccc1)P(c1ccccc1)c1ccccc1.[Br-].[Ni+2]. The maximum atomic E-state index is 3.87. The predicted octanol–water partition coefficient (Wildman–Crippen LogP) is 4.51. The fourth-order valence-corrected chi connectivity index (χ4v) is 9.03. The van der Waals surface area contributed by atoms with Crippen molar-refractivity contribution in [1.29, 1.82) is 0 Å². The van der Waals surface area contributed by atoms with Gasteiger partial charge in [0.1, 0.15) is 0 Å². The van der Waals surface area contributed by atoms with Crippen LogP contribution in [0.5, 0.6) is 0 Å². The zero-order valence-corrected chi connectivity index (χ0v) is 25.5. The molecule has 1 radical (unpaired) electrons. The Balaban J connectivity index is 0.00000200. The molecule has 0 atom stereocenters. The topological polar surface area (TPSA) is 0 Å². The standard InChI is InChI=1S/C34H29P2.BrH.Ni/c1-28(36(33-22-10-4-11-23-33)34-24-12-5-13-25-34)26-29-16-14-15-17-30(29)27-35(31-18-6-2-7-19-31)32-20-8-3-9-21-32;;/h2-25H,27H2,1H3;1H;/q;;+2/p-1. The van der Waals surface area contributed by atoms with Gasteiger partial charge in [0, 0.05) is 6.16 Å². The molecule has 0 spiro atoms. The molecule has 191 valence electrons. The quantitative estimate of drug-likeness (QED) is 0.174. The van der Waals surface area contributed by atoms with Gasteiger partial charge in [-0.1, -0.05) is 146 Å². The van der Waals surface area contributed by atoms with Crippen molar-refractivity contribution in [3.63, 3.8) is 0 Å². The number of hydrogen-bond donors (Lipinski definition) is 0. The Morgan fingerprint density at radius 1 is 0.526 bits per heavy atom. The van der Waals surface area contributed by atoms with E-state index in [1.165, 1.54) is 37.7 Å². The van der Waals surface area contributed by atoms with Crippen LogP contribution in [0, 0.1) is 6.08 Å². The monoisotopic (exact) mass is 636 g/mol. The van der Waals surface area contributed by atoms with Gasteiger partial charge in [0.15, 0.2) is 0 Å². The van der Waals surface area contributed by atoms with E-state index in [-0.39, 0.29) is 33.5 Å². The Morgan fingerprint density at radius 2 is 0.895 bits per heavy atom. The largest absolute Gasteiger partial charge is 2.00 e. The molecule has 0 aliphatic carbocycles. The van der Waals surface area contributed by atoms with Crippen LogP contribution < -0.4 is 38.2 Å². The molecule has 0 aliphatic heterocycles. The van der Waals surface area contributed by atoms with Crippen LogP contribution in [0.15, 0.2) is 151 Å². The van der Waals surface area contributed by atoms with E-state index < -0.39 is 15.8 Å². The summed E-state index contributed by atoms with van der Waals surface area (Å²) in [6, 6.07) is 52.5. The number of benzene rings is 5. The molecule has 0 aromatic heterocycles. The summed E-state index contributed by atoms with van der Waals surface area (Å²) in [5.74, 6) is 0. The molecule has 0 amide bonds. The molecule has 0 unspecified atom stereocenters. The van der Waals surface area contributed by atoms with E-state index >= 15 is 0 Å². The van der Waals surface area contributed by atoms with Gasteiger partial charge in [-0.3, -0.25) is 0 Å². The van der Waals surface area contributed by atoms with Crippen molar-refractivity contribution in [3.8, 4) is 0 Å². The molecule has 0 saturated carbocycles. The normalized spacial score (nSPS) is 11.1. The summed E-state index contributed by atoms with van der Waals surface area (Å²) in [6.45, 7) is 2.25. The van der Waals surface area contributed by atoms with E-state index in [2.05, 4.69) is 159 Å². The maximum Gasteiger partial charge on any atom is 2.00 e. The smallest absolute Gasteiger partial charge is 1.00 e. The zero-order chi connectivity index (χ0) is 24.6. The Morgan fingerprint density at radius 3 is 1.34 bits per heavy atom. The first-order valence-electron chi connectivity index (χ1n) is 12.3. The molecule has 4 heteroatoms. The summed E-state index contributed by atoms with van der Waals surface area (Å²) in [4.78, 5) is 0. The molecular weight excluding hydrogens is 609 g/mol. The Bertz CT molecular complexity index is 1330. The number of allylic oxidation sites excluding steroid dienone is 1. The van der Waals surface area contributed by atoms with Crippen molar-refractivity contribution >= 4 is 37.1 Å². The van der Waals surface area contributed by atoms with E-state index in [1.807, 2.05) is 0 Å². The third-order valence-electron chi connectivity index (χ3n) is 6.16.